The summed E-state index contributed by atoms with van der Waals surface area (Å²) < 4.78 is 5.11. The van der Waals surface area contributed by atoms with Gasteiger partial charge in [0, 0.05) is 11.6 Å². The van der Waals surface area contributed by atoms with Crippen molar-refractivity contribution in [1.29, 1.82) is 0 Å². The van der Waals surface area contributed by atoms with Gasteiger partial charge in [0.05, 0.1) is 17.9 Å². The molecule has 2 rings (SSSR count). The molecular formula is C15H21NO2. The van der Waals surface area contributed by atoms with Gasteiger partial charge in [-0.15, -0.1) is 0 Å². The lowest BCUT2D eigenvalue weighted by Gasteiger charge is -2.14. The molecule has 0 unspecified atom stereocenters. The van der Waals surface area contributed by atoms with E-state index < -0.39 is 0 Å². The maximum absolute atomic E-state index is 12.0. The number of aryl methyl sites for hydroxylation is 1. The Morgan fingerprint density at radius 1 is 1.50 bits per heavy atom. The van der Waals surface area contributed by atoms with Crippen LogP contribution in [0, 0.1) is 6.92 Å². The Hall–Kier alpha value is -1.38. The van der Waals surface area contributed by atoms with E-state index in [1.807, 2.05) is 19.9 Å². The zero-order valence-electron chi connectivity index (χ0n) is 11.6. The van der Waals surface area contributed by atoms with E-state index in [2.05, 4.69) is 13.8 Å². The number of aromatic nitrogens is 1. The number of ether oxygens (including phenoxy) is 1. The molecule has 0 bridgehead atoms. The second-order valence-electron chi connectivity index (χ2n) is 5.27. The fourth-order valence-electron chi connectivity index (χ4n) is 2.23. The minimum absolute atomic E-state index is 0.238. The SMILES string of the molecule is CCOC(=O)c1cc(C)c(C2CC2)nc1C(C)C. The third kappa shape index (κ3) is 2.55. The molecule has 0 N–H and O–H groups in total. The highest BCUT2D eigenvalue weighted by molar-refractivity contribution is 5.91. The molecule has 98 valence electrons. The predicted octanol–water partition coefficient (Wildman–Crippen LogP) is 3.57. The summed E-state index contributed by atoms with van der Waals surface area (Å²) >= 11 is 0. The van der Waals surface area contributed by atoms with E-state index in [9.17, 15) is 4.79 Å². The Morgan fingerprint density at radius 2 is 2.17 bits per heavy atom. The van der Waals surface area contributed by atoms with Gasteiger partial charge in [-0.05, 0) is 44.2 Å². The van der Waals surface area contributed by atoms with Gasteiger partial charge in [0.1, 0.15) is 0 Å². The Balaban J connectivity index is 2.44. The molecule has 1 saturated carbocycles. The lowest BCUT2D eigenvalue weighted by Crippen LogP contribution is -2.13. The molecule has 0 radical (unpaired) electrons. The van der Waals surface area contributed by atoms with Crippen molar-refractivity contribution in [3.05, 3.63) is 28.6 Å². The van der Waals surface area contributed by atoms with Gasteiger partial charge >= 0.3 is 5.97 Å². The monoisotopic (exact) mass is 247 g/mol. The van der Waals surface area contributed by atoms with Crippen molar-refractivity contribution < 1.29 is 9.53 Å². The number of hydrogen-bond donors (Lipinski definition) is 0. The van der Waals surface area contributed by atoms with Gasteiger partial charge in [-0.3, -0.25) is 4.98 Å². The summed E-state index contributed by atoms with van der Waals surface area (Å²) in [5.41, 5.74) is 3.80. The van der Waals surface area contributed by atoms with Crippen LogP contribution in [0.1, 0.15) is 72.8 Å². The zero-order valence-corrected chi connectivity index (χ0v) is 11.6. The minimum Gasteiger partial charge on any atom is -0.462 e. The van der Waals surface area contributed by atoms with Crippen molar-refractivity contribution in [2.45, 2.75) is 52.4 Å². The average molecular weight is 247 g/mol. The highest BCUT2D eigenvalue weighted by Crippen LogP contribution is 2.41. The Labute approximate surface area is 109 Å². The average Bonchev–Trinajstić information content (AvgIpc) is 3.12. The molecule has 1 aliphatic carbocycles. The first-order valence-electron chi connectivity index (χ1n) is 6.73. The van der Waals surface area contributed by atoms with Crippen molar-refractivity contribution in [1.82, 2.24) is 4.98 Å². The van der Waals surface area contributed by atoms with Gasteiger partial charge < -0.3 is 4.74 Å². The second-order valence-corrected chi connectivity index (χ2v) is 5.27. The molecule has 1 fully saturated rings. The van der Waals surface area contributed by atoms with E-state index in [0.717, 1.165) is 11.3 Å². The summed E-state index contributed by atoms with van der Waals surface area (Å²) in [6.45, 7) is 8.40. The predicted molar refractivity (Wildman–Crippen MR) is 71.0 cm³/mol. The molecule has 0 atom stereocenters. The molecule has 0 spiro atoms. The van der Waals surface area contributed by atoms with E-state index >= 15 is 0 Å². The normalized spacial score (nSPS) is 14.9. The maximum Gasteiger partial charge on any atom is 0.339 e. The molecule has 1 aliphatic rings. The van der Waals surface area contributed by atoms with Crippen molar-refractivity contribution in [3.8, 4) is 0 Å². The maximum atomic E-state index is 12.0. The number of hydrogen-bond acceptors (Lipinski definition) is 3. The molecule has 0 saturated heterocycles. The smallest absolute Gasteiger partial charge is 0.339 e. The van der Waals surface area contributed by atoms with Gasteiger partial charge in [0.15, 0.2) is 0 Å². The summed E-state index contributed by atoms with van der Waals surface area (Å²) in [6, 6.07) is 1.95. The van der Waals surface area contributed by atoms with Gasteiger partial charge in [-0.2, -0.15) is 0 Å². The van der Waals surface area contributed by atoms with Crippen LogP contribution in [0.4, 0.5) is 0 Å². The van der Waals surface area contributed by atoms with Crippen LogP contribution in [0.3, 0.4) is 0 Å². The number of rotatable bonds is 4. The number of esters is 1. The topological polar surface area (TPSA) is 39.2 Å². The summed E-state index contributed by atoms with van der Waals surface area (Å²) in [6.07, 6.45) is 2.45. The van der Waals surface area contributed by atoms with E-state index in [4.69, 9.17) is 9.72 Å². The first-order valence-corrected chi connectivity index (χ1v) is 6.73. The lowest BCUT2D eigenvalue weighted by atomic mass is 9.99. The van der Waals surface area contributed by atoms with Crippen LogP contribution < -0.4 is 0 Å². The first kappa shape index (κ1) is 13.1. The first-order chi connectivity index (χ1) is 8.54. The third-order valence-electron chi connectivity index (χ3n) is 3.29. The van der Waals surface area contributed by atoms with Crippen LogP contribution >= 0.6 is 0 Å². The van der Waals surface area contributed by atoms with Crippen molar-refractivity contribution in [3.63, 3.8) is 0 Å². The van der Waals surface area contributed by atoms with E-state index in [-0.39, 0.29) is 11.9 Å². The fraction of sp³-hybridized carbons (Fsp3) is 0.600. The molecule has 18 heavy (non-hydrogen) atoms. The molecule has 3 heteroatoms. The van der Waals surface area contributed by atoms with Gasteiger partial charge in [0.2, 0.25) is 0 Å². The second kappa shape index (κ2) is 5.09. The molecular weight excluding hydrogens is 226 g/mol. The van der Waals surface area contributed by atoms with Crippen molar-refractivity contribution >= 4 is 5.97 Å². The van der Waals surface area contributed by atoms with Gasteiger partial charge in [-0.25, -0.2) is 4.79 Å². The van der Waals surface area contributed by atoms with E-state index in [0.29, 0.717) is 18.1 Å². The van der Waals surface area contributed by atoms with Crippen LogP contribution in [0.5, 0.6) is 0 Å². The zero-order chi connectivity index (χ0) is 13.3. The van der Waals surface area contributed by atoms with Crippen LogP contribution in [0.25, 0.3) is 0 Å². The van der Waals surface area contributed by atoms with Crippen molar-refractivity contribution in [2.24, 2.45) is 0 Å². The summed E-state index contributed by atoms with van der Waals surface area (Å²) in [4.78, 5) is 16.7. The van der Waals surface area contributed by atoms with Crippen molar-refractivity contribution in [2.75, 3.05) is 6.61 Å². The Morgan fingerprint density at radius 3 is 2.67 bits per heavy atom. The summed E-state index contributed by atoms with van der Waals surface area (Å²) in [5.74, 6) is 0.598. The van der Waals surface area contributed by atoms with Crippen LogP contribution in [-0.2, 0) is 4.74 Å². The third-order valence-corrected chi connectivity index (χ3v) is 3.29. The number of carbonyl (C=O) groups is 1. The Bertz CT molecular complexity index is 462. The molecule has 1 heterocycles. The molecule has 0 amide bonds. The summed E-state index contributed by atoms with van der Waals surface area (Å²) in [5, 5.41) is 0. The van der Waals surface area contributed by atoms with Crippen LogP contribution in [-0.4, -0.2) is 17.6 Å². The highest BCUT2D eigenvalue weighted by Gasteiger charge is 2.29. The number of pyridine rings is 1. The van der Waals surface area contributed by atoms with E-state index in [1.54, 1.807) is 0 Å². The quantitative estimate of drug-likeness (QED) is 0.763. The molecule has 3 nitrogen and oxygen atoms in total. The number of nitrogens with zero attached hydrogens (tertiary/aromatic N) is 1. The Kier molecular flexibility index (Phi) is 3.69. The highest BCUT2D eigenvalue weighted by atomic mass is 16.5. The molecule has 0 aliphatic heterocycles. The van der Waals surface area contributed by atoms with E-state index in [1.165, 1.54) is 18.5 Å². The van der Waals surface area contributed by atoms with Crippen LogP contribution in [0.15, 0.2) is 6.07 Å². The fourth-order valence-corrected chi connectivity index (χ4v) is 2.23. The molecule has 1 aromatic rings. The lowest BCUT2D eigenvalue weighted by molar-refractivity contribution is 0.0524. The van der Waals surface area contributed by atoms with Gasteiger partial charge in [0.25, 0.3) is 0 Å². The largest absolute Gasteiger partial charge is 0.462 e. The molecule has 1 aromatic heterocycles. The standard InChI is InChI=1S/C15H21NO2/c1-5-18-15(17)12-8-10(4)14(11-6-7-11)16-13(12)9(2)3/h8-9,11H,5-7H2,1-4H3. The molecule has 0 aromatic carbocycles. The van der Waals surface area contributed by atoms with Crippen LogP contribution in [0.2, 0.25) is 0 Å². The van der Waals surface area contributed by atoms with Gasteiger partial charge in [-0.1, -0.05) is 13.8 Å². The minimum atomic E-state index is -0.251. The summed E-state index contributed by atoms with van der Waals surface area (Å²) in [7, 11) is 0. The number of carbonyl (C=O) groups excluding carboxylic acids is 1.